The van der Waals surface area contributed by atoms with Crippen molar-refractivity contribution in [3.63, 3.8) is 0 Å². The highest BCUT2D eigenvalue weighted by atomic mass is 16.7. The fourth-order valence-corrected chi connectivity index (χ4v) is 4.51. The Morgan fingerprint density at radius 2 is 1.50 bits per heavy atom. The maximum absolute atomic E-state index is 11.3. The zero-order valence-corrected chi connectivity index (χ0v) is 14.4. The minimum absolute atomic E-state index is 0.0888. The molecular formula is C17H29BO4. The van der Waals surface area contributed by atoms with E-state index in [2.05, 4.69) is 27.7 Å². The van der Waals surface area contributed by atoms with Crippen molar-refractivity contribution in [1.82, 2.24) is 0 Å². The molecule has 0 bridgehead atoms. The zero-order chi connectivity index (χ0) is 16.2. The van der Waals surface area contributed by atoms with Crippen molar-refractivity contribution >= 4 is 13.1 Å². The highest BCUT2D eigenvalue weighted by molar-refractivity contribution is 6.50. The molecule has 1 saturated heterocycles. The molecule has 0 aromatic heterocycles. The van der Waals surface area contributed by atoms with E-state index in [4.69, 9.17) is 9.31 Å². The molecule has 0 radical (unpaired) electrons. The Balaban J connectivity index is 1.83. The van der Waals surface area contributed by atoms with Crippen LogP contribution in [0.1, 0.15) is 72.6 Å². The lowest BCUT2D eigenvalue weighted by atomic mass is 9.38. The molecular weight excluding hydrogens is 279 g/mol. The van der Waals surface area contributed by atoms with Gasteiger partial charge in [0.2, 0.25) is 0 Å². The lowest BCUT2D eigenvalue weighted by molar-refractivity contribution is -0.147. The SMILES string of the molecule is CC1(C)OB(C2(C3CCCCC3)CC(C(=O)O)C2)OC1(C)C. The van der Waals surface area contributed by atoms with Gasteiger partial charge in [-0.1, -0.05) is 32.1 Å². The third-order valence-electron chi connectivity index (χ3n) is 6.74. The Hall–Kier alpha value is -0.545. The van der Waals surface area contributed by atoms with E-state index in [1.165, 1.54) is 32.1 Å². The van der Waals surface area contributed by atoms with E-state index in [0.717, 1.165) is 0 Å². The Morgan fingerprint density at radius 1 is 1.00 bits per heavy atom. The van der Waals surface area contributed by atoms with Gasteiger partial charge in [0.25, 0.3) is 0 Å². The summed E-state index contributed by atoms with van der Waals surface area (Å²) in [6, 6.07) is 0. The van der Waals surface area contributed by atoms with Crippen molar-refractivity contribution < 1.29 is 19.2 Å². The summed E-state index contributed by atoms with van der Waals surface area (Å²) in [6.07, 6.45) is 7.62. The van der Waals surface area contributed by atoms with Gasteiger partial charge < -0.3 is 14.4 Å². The Bertz CT molecular complexity index is 432. The third-order valence-corrected chi connectivity index (χ3v) is 6.74. The van der Waals surface area contributed by atoms with Gasteiger partial charge in [0, 0.05) is 5.31 Å². The summed E-state index contributed by atoms with van der Waals surface area (Å²) >= 11 is 0. The van der Waals surface area contributed by atoms with Gasteiger partial charge in [0.1, 0.15) is 0 Å². The molecule has 0 aromatic rings. The predicted octanol–water partition coefficient (Wildman–Crippen LogP) is 3.89. The van der Waals surface area contributed by atoms with Crippen LogP contribution in [0.15, 0.2) is 0 Å². The molecule has 1 heterocycles. The van der Waals surface area contributed by atoms with Crippen molar-refractivity contribution in [1.29, 1.82) is 0 Å². The van der Waals surface area contributed by atoms with E-state index in [-0.39, 0.29) is 29.6 Å². The average molecular weight is 308 g/mol. The number of carboxylic acid groups (broad SMARTS) is 1. The van der Waals surface area contributed by atoms with Crippen LogP contribution in [0.5, 0.6) is 0 Å². The van der Waals surface area contributed by atoms with Crippen LogP contribution in [-0.2, 0) is 14.1 Å². The second kappa shape index (κ2) is 5.24. The molecule has 22 heavy (non-hydrogen) atoms. The minimum atomic E-state index is -0.664. The molecule has 3 fully saturated rings. The van der Waals surface area contributed by atoms with Gasteiger partial charge in [-0.05, 0) is 46.5 Å². The van der Waals surface area contributed by atoms with Gasteiger partial charge in [-0.2, -0.15) is 0 Å². The largest absolute Gasteiger partial charge is 0.481 e. The van der Waals surface area contributed by atoms with E-state index in [0.29, 0.717) is 18.8 Å². The normalized spacial score (nSPS) is 37.8. The van der Waals surface area contributed by atoms with E-state index in [1.807, 2.05) is 0 Å². The maximum Gasteiger partial charge on any atom is 0.464 e. The van der Waals surface area contributed by atoms with Crippen molar-refractivity contribution in [2.45, 2.75) is 89.2 Å². The second-order valence-electron chi connectivity index (χ2n) is 8.60. The molecule has 1 aliphatic heterocycles. The quantitative estimate of drug-likeness (QED) is 0.804. The topological polar surface area (TPSA) is 55.8 Å². The first kappa shape index (κ1) is 16.3. The Labute approximate surface area is 134 Å². The summed E-state index contributed by atoms with van der Waals surface area (Å²) < 4.78 is 12.7. The summed E-state index contributed by atoms with van der Waals surface area (Å²) in [5, 5.41) is 9.24. The first-order valence-electron chi connectivity index (χ1n) is 8.76. The molecule has 124 valence electrons. The van der Waals surface area contributed by atoms with Crippen LogP contribution >= 0.6 is 0 Å². The molecule has 3 rings (SSSR count). The van der Waals surface area contributed by atoms with E-state index >= 15 is 0 Å². The molecule has 0 unspecified atom stereocenters. The fourth-order valence-electron chi connectivity index (χ4n) is 4.51. The summed E-state index contributed by atoms with van der Waals surface area (Å²) in [7, 11) is -0.254. The van der Waals surface area contributed by atoms with Crippen LogP contribution in [-0.4, -0.2) is 29.4 Å². The van der Waals surface area contributed by atoms with Crippen molar-refractivity contribution in [3.8, 4) is 0 Å². The van der Waals surface area contributed by atoms with Crippen LogP contribution in [0, 0.1) is 11.8 Å². The zero-order valence-electron chi connectivity index (χ0n) is 14.4. The van der Waals surface area contributed by atoms with Gasteiger partial charge in [-0.25, -0.2) is 0 Å². The van der Waals surface area contributed by atoms with Crippen LogP contribution in [0.4, 0.5) is 0 Å². The average Bonchev–Trinajstić information content (AvgIpc) is 2.58. The molecule has 0 atom stereocenters. The van der Waals surface area contributed by atoms with Crippen LogP contribution in [0.3, 0.4) is 0 Å². The summed E-state index contributed by atoms with van der Waals surface area (Å²) in [4.78, 5) is 11.3. The first-order chi connectivity index (χ1) is 10.2. The molecule has 2 saturated carbocycles. The number of carbonyl (C=O) groups is 1. The molecule has 1 N–H and O–H groups in total. The Kier molecular flexibility index (Phi) is 3.88. The monoisotopic (exact) mass is 308 g/mol. The molecule has 0 amide bonds. The fraction of sp³-hybridized carbons (Fsp3) is 0.941. The predicted molar refractivity (Wildman–Crippen MR) is 85.7 cm³/mol. The van der Waals surface area contributed by atoms with Gasteiger partial charge in [-0.15, -0.1) is 0 Å². The van der Waals surface area contributed by atoms with Crippen molar-refractivity contribution in [2.24, 2.45) is 11.8 Å². The minimum Gasteiger partial charge on any atom is -0.481 e. The maximum atomic E-state index is 11.3. The summed E-state index contributed by atoms with van der Waals surface area (Å²) in [5.74, 6) is -0.338. The smallest absolute Gasteiger partial charge is 0.464 e. The second-order valence-corrected chi connectivity index (χ2v) is 8.60. The van der Waals surface area contributed by atoms with E-state index in [1.54, 1.807) is 0 Å². The lowest BCUT2D eigenvalue weighted by Crippen LogP contribution is -2.52. The number of rotatable bonds is 3. The molecule has 0 spiro atoms. The standard InChI is InChI=1S/C17H29BO4/c1-15(2)16(3,4)22-18(21-15)17(10-12(11-17)14(19)20)13-8-6-5-7-9-13/h12-13H,5-11H2,1-4H3,(H,19,20). The first-order valence-corrected chi connectivity index (χ1v) is 8.76. The van der Waals surface area contributed by atoms with Gasteiger partial charge >= 0.3 is 13.1 Å². The van der Waals surface area contributed by atoms with Crippen LogP contribution in [0.25, 0.3) is 0 Å². The summed E-state index contributed by atoms with van der Waals surface area (Å²) in [6.45, 7) is 8.31. The molecule has 4 nitrogen and oxygen atoms in total. The van der Waals surface area contributed by atoms with Gasteiger partial charge in [0.15, 0.2) is 0 Å². The van der Waals surface area contributed by atoms with Gasteiger partial charge in [-0.3, -0.25) is 4.79 Å². The molecule has 2 aliphatic carbocycles. The molecule has 0 aromatic carbocycles. The number of carboxylic acids is 1. The number of hydrogen-bond donors (Lipinski definition) is 1. The summed E-state index contributed by atoms with van der Waals surface area (Å²) in [5.41, 5.74) is -0.679. The van der Waals surface area contributed by atoms with Crippen molar-refractivity contribution in [3.05, 3.63) is 0 Å². The molecule has 3 aliphatic rings. The van der Waals surface area contributed by atoms with Gasteiger partial charge in [0.05, 0.1) is 17.1 Å². The number of aliphatic carboxylic acids is 1. The lowest BCUT2D eigenvalue weighted by Gasteiger charge is -2.52. The molecule has 5 heteroatoms. The highest BCUT2D eigenvalue weighted by Gasteiger charge is 2.66. The number of hydrogen-bond acceptors (Lipinski definition) is 3. The van der Waals surface area contributed by atoms with Crippen LogP contribution < -0.4 is 0 Å². The third kappa shape index (κ3) is 2.41. The Morgan fingerprint density at radius 3 is 1.95 bits per heavy atom. The highest BCUT2D eigenvalue weighted by Crippen LogP contribution is 2.65. The van der Waals surface area contributed by atoms with E-state index < -0.39 is 5.97 Å². The van der Waals surface area contributed by atoms with Crippen LogP contribution in [0.2, 0.25) is 5.31 Å². The van der Waals surface area contributed by atoms with E-state index in [9.17, 15) is 9.90 Å². The van der Waals surface area contributed by atoms with Crippen molar-refractivity contribution in [2.75, 3.05) is 0 Å².